The molecule has 1 aromatic rings. The van der Waals surface area contributed by atoms with Crippen LogP contribution in [0.1, 0.15) is 50.6 Å². The average molecular weight is 290 g/mol. The summed E-state index contributed by atoms with van der Waals surface area (Å²) in [5, 5.41) is 3.06. The van der Waals surface area contributed by atoms with Crippen molar-refractivity contribution in [1.29, 1.82) is 0 Å². The number of carbonyl (C=O) groups excluding carboxylic acids is 1. The molecular formula is C16H22N2OS. The van der Waals surface area contributed by atoms with E-state index in [-0.39, 0.29) is 17.4 Å². The Labute approximate surface area is 125 Å². The van der Waals surface area contributed by atoms with Gasteiger partial charge in [0.25, 0.3) is 0 Å². The molecule has 0 bridgehead atoms. The van der Waals surface area contributed by atoms with E-state index in [1.807, 2.05) is 30.3 Å². The van der Waals surface area contributed by atoms with Crippen LogP contribution in [-0.2, 0) is 4.79 Å². The fourth-order valence-corrected chi connectivity index (χ4v) is 3.24. The van der Waals surface area contributed by atoms with Crippen LogP contribution in [0.2, 0.25) is 0 Å². The molecule has 0 heterocycles. The summed E-state index contributed by atoms with van der Waals surface area (Å²) in [5.74, 6) is 0.0964. The van der Waals surface area contributed by atoms with Crippen molar-refractivity contribution in [3.05, 3.63) is 35.9 Å². The Bertz CT molecular complexity index is 481. The Kier molecular flexibility index (Phi) is 4.76. The number of nitrogens with one attached hydrogen (secondary N) is 1. The lowest BCUT2D eigenvalue weighted by atomic mass is 9.82. The van der Waals surface area contributed by atoms with Crippen LogP contribution < -0.4 is 11.1 Å². The van der Waals surface area contributed by atoms with E-state index in [1.54, 1.807) is 0 Å². The van der Waals surface area contributed by atoms with Crippen LogP contribution in [0.15, 0.2) is 30.3 Å². The van der Waals surface area contributed by atoms with E-state index in [2.05, 4.69) is 12.2 Å². The standard InChI is InChI=1S/C16H22N2OS/c1-2-16(10-6-7-11-16)15(19)18-13(14(17)20)12-8-4-3-5-9-12/h3-5,8-9,13H,2,6-7,10-11H2,1H3,(H2,17,20)(H,18,19). The average Bonchev–Trinajstić information content (AvgIpc) is 2.95. The molecule has 1 amide bonds. The molecular weight excluding hydrogens is 268 g/mol. The maximum absolute atomic E-state index is 12.7. The zero-order valence-electron chi connectivity index (χ0n) is 11.9. The van der Waals surface area contributed by atoms with Crippen molar-refractivity contribution in [1.82, 2.24) is 5.32 Å². The fraction of sp³-hybridized carbons (Fsp3) is 0.500. The lowest BCUT2D eigenvalue weighted by molar-refractivity contribution is -0.131. The Hall–Kier alpha value is -1.42. The lowest BCUT2D eigenvalue weighted by Gasteiger charge is -2.29. The van der Waals surface area contributed by atoms with E-state index >= 15 is 0 Å². The van der Waals surface area contributed by atoms with Crippen molar-refractivity contribution in [3.63, 3.8) is 0 Å². The molecule has 0 radical (unpaired) electrons. The third-order valence-corrected chi connectivity index (χ3v) is 4.65. The maximum Gasteiger partial charge on any atom is 0.227 e. The van der Waals surface area contributed by atoms with Gasteiger partial charge in [-0.1, -0.05) is 62.3 Å². The van der Waals surface area contributed by atoms with E-state index in [4.69, 9.17) is 18.0 Å². The summed E-state index contributed by atoms with van der Waals surface area (Å²) in [6, 6.07) is 9.31. The van der Waals surface area contributed by atoms with Crippen molar-refractivity contribution in [3.8, 4) is 0 Å². The summed E-state index contributed by atoms with van der Waals surface area (Å²) in [5.41, 5.74) is 6.53. The first kappa shape index (κ1) is 15.0. The normalized spacial score (nSPS) is 18.4. The largest absolute Gasteiger partial charge is 0.391 e. The van der Waals surface area contributed by atoms with Gasteiger partial charge >= 0.3 is 0 Å². The molecule has 1 aliphatic rings. The van der Waals surface area contributed by atoms with Crippen LogP contribution in [-0.4, -0.2) is 10.9 Å². The second-order valence-electron chi connectivity index (χ2n) is 5.56. The highest BCUT2D eigenvalue weighted by molar-refractivity contribution is 7.80. The summed E-state index contributed by atoms with van der Waals surface area (Å²) >= 11 is 5.13. The smallest absolute Gasteiger partial charge is 0.227 e. The molecule has 0 aliphatic heterocycles. The van der Waals surface area contributed by atoms with E-state index in [9.17, 15) is 4.79 Å². The van der Waals surface area contributed by atoms with Crippen molar-refractivity contribution in [2.75, 3.05) is 0 Å². The van der Waals surface area contributed by atoms with Gasteiger partial charge in [0.1, 0.15) is 11.0 Å². The minimum atomic E-state index is -0.372. The molecule has 0 saturated heterocycles. The van der Waals surface area contributed by atoms with Gasteiger partial charge in [-0.15, -0.1) is 0 Å². The quantitative estimate of drug-likeness (QED) is 0.819. The molecule has 1 aromatic carbocycles. The molecule has 3 N–H and O–H groups in total. The monoisotopic (exact) mass is 290 g/mol. The number of thiocarbonyl (C=S) groups is 1. The van der Waals surface area contributed by atoms with Gasteiger partial charge in [0, 0.05) is 5.41 Å². The fourth-order valence-electron chi connectivity index (χ4n) is 3.04. The first-order valence-electron chi connectivity index (χ1n) is 7.24. The van der Waals surface area contributed by atoms with Gasteiger partial charge in [0.15, 0.2) is 0 Å². The number of benzene rings is 1. The van der Waals surface area contributed by atoms with Crippen molar-refractivity contribution in [2.24, 2.45) is 11.1 Å². The van der Waals surface area contributed by atoms with Crippen molar-refractivity contribution < 1.29 is 4.79 Å². The van der Waals surface area contributed by atoms with Gasteiger partial charge in [-0.05, 0) is 24.8 Å². The molecule has 1 unspecified atom stereocenters. The minimum Gasteiger partial charge on any atom is -0.391 e. The number of hydrogen-bond donors (Lipinski definition) is 2. The molecule has 1 saturated carbocycles. The Balaban J connectivity index is 2.17. The van der Waals surface area contributed by atoms with Gasteiger partial charge in [0.05, 0.1) is 0 Å². The Morgan fingerprint density at radius 3 is 2.45 bits per heavy atom. The van der Waals surface area contributed by atoms with Crippen LogP contribution in [0.4, 0.5) is 0 Å². The van der Waals surface area contributed by atoms with E-state index in [0.29, 0.717) is 4.99 Å². The highest BCUT2D eigenvalue weighted by atomic mass is 32.1. The van der Waals surface area contributed by atoms with E-state index in [1.165, 1.54) is 0 Å². The first-order chi connectivity index (χ1) is 9.59. The molecule has 3 nitrogen and oxygen atoms in total. The minimum absolute atomic E-state index is 0.0964. The zero-order chi connectivity index (χ0) is 14.6. The van der Waals surface area contributed by atoms with Gasteiger partial charge < -0.3 is 11.1 Å². The number of hydrogen-bond acceptors (Lipinski definition) is 2. The molecule has 1 aliphatic carbocycles. The SMILES string of the molecule is CCC1(C(=O)NC(C(N)=S)c2ccccc2)CCCC1. The van der Waals surface area contributed by atoms with E-state index < -0.39 is 0 Å². The summed E-state index contributed by atoms with van der Waals surface area (Å²) in [6.07, 6.45) is 5.06. The number of carbonyl (C=O) groups is 1. The van der Waals surface area contributed by atoms with Crippen molar-refractivity contribution >= 4 is 23.1 Å². The van der Waals surface area contributed by atoms with Gasteiger partial charge in [-0.2, -0.15) is 0 Å². The first-order valence-corrected chi connectivity index (χ1v) is 7.65. The molecule has 1 atom stereocenters. The number of amides is 1. The van der Waals surface area contributed by atoms with Crippen LogP contribution in [0.3, 0.4) is 0 Å². The molecule has 0 aromatic heterocycles. The predicted molar refractivity (Wildman–Crippen MR) is 85.3 cm³/mol. The topological polar surface area (TPSA) is 55.1 Å². The second kappa shape index (κ2) is 6.35. The third-order valence-electron chi connectivity index (χ3n) is 4.41. The molecule has 4 heteroatoms. The summed E-state index contributed by atoms with van der Waals surface area (Å²) in [7, 11) is 0. The molecule has 20 heavy (non-hydrogen) atoms. The van der Waals surface area contributed by atoms with E-state index in [0.717, 1.165) is 37.7 Å². The number of nitrogens with two attached hydrogens (primary N) is 1. The zero-order valence-corrected chi connectivity index (χ0v) is 12.7. The highest BCUT2D eigenvalue weighted by Crippen LogP contribution is 2.41. The Morgan fingerprint density at radius 2 is 1.95 bits per heavy atom. The van der Waals surface area contributed by atoms with Crippen LogP contribution >= 0.6 is 12.2 Å². The summed E-state index contributed by atoms with van der Waals surface area (Å²) in [4.78, 5) is 13.0. The van der Waals surface area contributed by atoms with Crippen LogP contribution in [0, 0.1) is 5.41 Å². The van der Waals surface area contributed by atoms with Crippen molar-refractivity contribution in [2.45, 2.75) is 45.1 Å². The highest BCUT2D eigenvalue weighted by Gasteiger charge is 2.40. The number of rotatable bonds is 5. The van der Waals surface area contributed by atoms with Gasteiger partial charge in [0.2, 0.25) is 5.91 Å². The van der Waals surface area contributed by atoms with Crippen LogP contribution in [0.5, 0.6) is 0 Å². The predicted octanol–water partition coefficient (Wildman–Crippen LogP) is 3.10. The molecule has 1 fully saturated rings. The summed E-state index contributed by atoms with van der Waals surface area (Å²) < 4.78 is 0. The van der Waals surface area contributed by atoms with Gasteiger partial charge in [-0.25, -0.2) is 0 Å². The maximum atomic E-state index is 12.7. The molecule has 108 valence electrons. The molecule has 0 spiro atoms. The Morgan fingerprint density at radius 1 is 1.35 bits per heavy atom. The van der Waals surface area contributed by atoms with Gasteiger partial charge in [-0.3, -0.25) is 4.79 Å². The lowest BCUT2D eigenvalue weighted by Crippen LogP contribution is -2.44. The summed E-state index contributed by atoms with van der Waals surface area (Å²) in [6.45, 7) is 2.09. The van der Waals surface area contributed by atoms with Crippen LogP contribution in [0.25, 0.3) is 0 Å². The molecule has 2 rings (SSSR count). The second-order valence-corrected chi connectivity index (χ2v) is 6.03. The third kappa shape index (κ3) is 3.01.